The van der Waals surface area contributed by atoms with Crippen molar-refractivity contribution in [3.05, 3.63) is 59.2 Å². The maximum absolute atomic E-state index is 12.8. The van der Waals surface area contributed by atoms with Gasteiger partial charge in [0, 0.05) is 29.8 Å². The van der Waals surface area contributed by atoms with Crippen molar-refractivity contribution in [1.29, 1.82) is 5.26 Å². The number of anilines is 1. The number of amides is 2. The summed E-state index contributed by atoms with van der Waals surface area (Å²) in [4.78, 5) is 41.2. The number of methoxy groups -OCH3 is 1. The highest BCUT2D eigenvalue weighted by molar-refractivity contribution is 7.14. The highest BCUT2D eigenvalue weighted by Gasteiger charge is 2.26. The third kappa shape index (κ3) is 5.87. The Morgan fingerprint density at radius 2 is 2.11 bits per heavy atom. The van der Waals surface area contributed by atoms with Crippen molar-refractivity contribution in [2.45, 2.75) is 25.4 Å². The van der Waals surface area contributed by atoms with Crippen molar-refractivity contribution in [2.75, 3.05) is 19.0 Å². The predicted octanol–water partition coefficient (Wildman–Crippen LogP) is 3.10. The molecule has 0 saturated carbocycles. The smallest absolute Gasteiger partial charge is 0.272 e. The van der Waals surface area contributed by atoms with E-state index in [0.29, 0.717) is 27.5 Å². The topological polar surface area (TPSA) is 139 Å². The van der Waals surface area contributed by atoms with Gasteiger partial charge in [-0.2, -0.15) is 10.4 Å². The van der Waals surface area contributed by atoms with Crippen LogP contribution in [0, 0.1) is 11.3 Å². The fourth-order valence-corrected chi connectivity index (χ4v) is 3.79. The number of hydrogen-bond acceptors (Lipinski definition) is 8. The van der Waals surface area contributed by atoms with Gasteiger partial charge < -0.3 is 15.4 Å². The molecule has 180 valence electrons. The first-order chi connectivity index (χ1) is 16.7. The first-order valence-corrected chi connectivity index (χ1v) is 11.4. The summed E-state index contributed by atoms with van der Waals surface area (Å²) < 4.78 is 6.47. The number of aromatic nitrogens is 3. The summed E-state index contributed by atoms with van der Waals surface area (Å²) in [5.41, 5.74) is 1.64. The van der Waals surface area contributed by atoms with Crippen LogP contribution in [0.5, 0.6) is 0 Å². The quantitative estimate of drug-likeness (QED) is 0.415. The zero-order chi connectivity index (χ0) is 25.6. The van der Waals surface area contributed by atoms with Gasteiger partial charge in [0.1, 0.15) is 17.3 Å². The first-order valence-electron chi connectivity index (χ1n) is 10.5. The van der Waals surface area contributed by atoms with Crippen LogP contribution in [-0.4, -0.2) is 52.6 Å². The van der Waals surface area contributed by atoms with Crippen LogP contribution < -0.4 is 10.6 Å². The van der Waals surface area contributed by atoms with Crippen molar-refractivity contribution in [3.8, 4) is 17.3 Å². The molecule has 2 aromatic heterocycles. The van der Waals surface area contributed by atoms with Gasteiger partial charge in [-0.25, -0.2) is 4.98 Å². The second kappa shape index (κ2) is 10.9. The van der Waals surface area contributed by atoms with Crippen LogP contribution >= 0.6 is 11.3 Å². The molecule has 0 aliphatic heterocycles. The highest BCUT2D eigenvalue weighted by atomic mass is 32.1. The SMILES string of the molecule is C=Cc1ccc(-c2csc(NC(=O)[C@H](COC)NC(=O)c3ccn(C(C)(C)C#N)n3)n2)cc1C=O. The molecule has 0 unspecified atom stereocenters. The Balaban J connectivity index is 1.71. The largest absolute Gasteiger partial charge is 0.382 e. The molecule has 1 aromatic carbocycles. The van der Waals surface area contributed by atoms with Crippen molar-refractivity contribution in [3.63, 3.8) is 0 Å². The highest BCUT2D eigenvalue weighted by Crippen LogP contribution is 2.27. The summed E-state index contributed by atoms with van der Waals surface area (Å²) in [7, 11) is 1.41. The summed E-state index contributed by atoms with van der Waals surface area (Å²) in [6.07, 6.45) is 3.87. The molecule has 35 heavy (non-hydrogen) atoms. The van der Waals surface area contributed by atoms with Gasteiger partial charge in [0.25, 0.3) is 11.8 Å². The van der Waals surface area contributed by atoms with Crippen molar-refractivity contribution < 1.29 is 19.1 Å². The number of benzene rings is 1. The maximum Gasteiger partial charge on any atom is 0.272 e. The number of aldehydes is 1. The number of hydrogen-bond donors (Lipinski definition) is 2. The van der Waals surface area contributed by atoms with Crippen LogP contribution in [0.1, 0.15) is 40.3 Å². The van der Waals surface area contributed by atoms with Crippen LogP contribution in [0.3, 0.4) is 0 Å². The Labute approximate surface area is 206 Å². The van der Waals surface area contributed by atoms with E-state index in [-0.39, 0.29) is 12.3 Å². The van der Waals surface area contributed by atoms with Gasteiger partial charge in [0.2, 0.25) is 0 Å². The molecule has 1 atom stereocenters. The van der Waals surface area contributed by atoms with Gasteiger partial charge in [-0.05, 0) is 31.5 Å². The fourth-order valence-electron chi connectivity index (χ4n) is 3.07. The monoisotopic (exact) mass is 492 g/mol. The Morgan fingerprint density at radius 3 is 2.77 bits per heavy atom. The van der Waals surface area contributed by atoms with Gasteiger partial charge in [0.05, 0.1) is 18.4 Å². The number of rotatable bonds is 10. The lowest BCUT2D eigenvalue weighted by Crippen LogP contribution is -2.46. The van der Waals surface area contributed by atoms with Crippen LogP contribution in [-0.2, 0) is 15.1 Å². The van der Waals surface area contributed by atoms with E-state index in [1.807, 2.05) is 6.07 Å². The van der Waals surface area contributed by atoms with Gasteiger partial charge in [0.15, 0.2) is 11.4 Å². The van der Waals surface area contributed by atoms with Crippen LogP contribution in [0.2, 0.25) is 0 Å². The van der Waals surface area contributed by atoms with Crippen molar-refractivity contribution in [2.24, 2.45) is 0 Å². The Kier molecular flexibility index (Phi) is 7.91. The molecule has 11 heteroatoms. The number of nitriles is 1. The normalized spacial score (nSPS) is 11.8. The standard InChI is InChI=1S/C24H24N6O4S/c1-5-15-6-7-16(10-17(15)11-31)20-13-35-23(27-20)28-22(33)19(12-34-4)26-21(32)18-8-9-30(29-18)24(2,3)14-25/h5-11,13,19H,1,12H2,2-4H3,(H,26,32)(H,27,28,33)/t19-/m0/s1. The minimum absolute atomic E-state index is 0.0627. The van der Waals surface area contributed by atoms with Gasteiger partial charge in [-0.3, -0.25) is 19.1 Å². The van der Waals surface area contributed by atoms with E-state index in [9.17, 15) is 19.6 Å². The summed E-state index contributed by atoms with van der Waals surface area (Å²) >= 11 is 1.20. The molecular formula is C24H24N6O4S. The number of carbonyl (C=O) groups is 3. The molecule has 0 fully saturated rings. The molecule has 0 radical (unpaired) electrons. The number of thiazole rings is 1. The molecule has 0 aliphatic rings. The van der Waals surface area contributed by atoms with Gasteiger partial charge in [-0.1, -0.05) is 24.8 Å². The lowest BCUT2D eigenvalue weighted by atomic mass is 10.0. The zero-order valence-electron chi connectivity index (χ0n) is 19.4. The van der Waals surface area contributed by atoms with Crippen LogP contribution in [0.4, 0.5) is 5.13 Å². The van der Waals surface area contributed by atoms with E-state index in [1.54, 1.807) is 37.4 Å². The maximum atomic E-state index is 12.8. The Hall–Kier alpha value is -4.14. The molecule has 2 amide bonds. The average molecular weight is 493 g/mol. The minimum Gasteiger partial charge on any atom is -0.382 e. The van der Waals surface area contributed by atoms with Crippen LogP contribution in [0.25, 0.3) is 17.3 Å². The summed E-state index contributed by atoms with van der Waals surface area (Å²) in [6.45, 7) is 6.94. The molecule has 2 N–H and O–H groups in total. The predicted molar refractivity (Wildman–Crippen MR) is 132 cm³/mol. The van der Waals surface area contributed by atoms with Crippen molar-refractivity contribution in [1.82, 2.24) is 20.1 Å². The number of nitrogens with zero attached hydrogens (tertiary/aromatic N) is 4. The molecule has 0 aliphatic carbocycles. The molecule has 3 rings (SSSR count). The van der Waals surface area contributed by atoms with Crippen LogP contribution in [0.15, 0.2) is 42.4 Å². The van der Waals surface area contributed by atoms with Gasteiger partial charge in [-0.15, -0.1) is 11.3 Å². The minimum atomic E-state index is -1.01. The second-order valence-corrected chi connectivity index (χ2v) is 8.85. The van der Waals surface area contributed by atoms with E-state index >= 15 is 0 Å². The fraction of sp³-hybridized carbons (Fsp3) is 0.250. The molecule has 10 nitrogen and oxygen atoms in total. The first kappa shape index (κ1) is 25.5. The third-order valence-corrected chi connectivity index (χ3v) is 5.84. The third-order valence-electron chi connectivity index (χ3n) is 5.09. The lowest BCUT2D eigenvalue weighted by molar-refractivity contribution is -0.119. The molecular weight excluding hydrogens is 468 g/mol. The molecule has 0 spiro atoms. The van der Waals surface area contributed by atoms with E-state index < -0.39 is 23.4 Å². The number of carbonyl (C=O) groups excluding carboxylic acids is 3. The molecule has 2 heterocycles. The van der Waals surface area contributed by atoms with E-state index in [4.69, 9.17) is 4.74 Å². The lowest BCUT2D eigenvalue weighted by Gasteiger charge is -2.17. The van der Waals surface area contributed by atoms with Gasteiger partial charge >= 0.3 is 0 Å². The van der Waals surface area contributed by atoms with Crippen molar-refractivity contribution >= 4 is 40.6 Å². The second-order valence-electron chi connectivity index (χ2n) is 7.99. The molecule has 0 bridgehead atoms. The summed E-state index contributed by atoms with van der Waals surface area (Å²) in [6, 6.07) is 7.84. The number of ether oxygens (including phenoxy) is 1. The molecule has 0 saturated heterocycles. The summed E-state index contributed by atoms with van der Waals surface area (Å²) in [5, 5.41) is 20.7. The average Bonchev–Trinajstić information content (AvgIpc) is 3.54. The zero-order valence-corrected chi connectivity index (χ0v) is 20.3. The summed E-state index contributed by atoms with van der Waals surface area (Å²) in [5.74, 6) is -1.10. The Bertz CT molecular complexity index is 1300. The Morgan fingerprint density at radius 1 is 1.34 bits per heavy atom. The van der Waals surface area contributed by atoms with E-state index in [0.717, 1.165) is 6.29 Å². The van der Waals surface area contributed by atoms with E-state index in [1.165, 1.54) is 35.4 Å². The number of nitrogens with one attached hydrogen (secondary N) is 2. The molecule has 3 aromatic rings. The van der Waals surface area contributed by atoms with E-state index in [2.05, 4.69) is 33.4 Å².